The van der Waals surface area contributed by atoms with Crippen LogP contribution in [0.3, 0.4) is 0 Å². The highest BCUT2D eigenvalue weighted by atomic mass is 32.2. The predicted molar refractivity (Wildman–Crippen MR) is 166 cm³/mol. The number of nitrogens with zero attached hydrogens (tertiary/aromatic N) is 1. The second-order valence-electron chi connectivity index (χ2n) is 11.1. The van der Waals surface area contributed by atoms with E-state index in [-0.39, 0.29) is 23.8 Å². The Morgan fingerprint density at radius 3 is 1.68 bits per heavy atom. The van der Waals surface area contributed by atoms with Gasteiger partial charge in [-0.2, -0.15) is 0 Å². The Morgan fingerprint density at radius 2 is 1.22 bits per heavy atom. The molecule has 0 aromatic heterocycles. The van der Waals surface area contributed by atoms with E-state index in [1.165, 1.54) is 4.31 Å². The van der Waals surface area contributed by atoms with Crippen LogP contribution in [0.15, 0.2) is 97.1 Å². The fraction of sp³-hybridized carbons (Fsp3) is 0.212. The van der Waals surface area contributed by atoms with Gasteiger partial charge in [-0.1, -0.05) is 68.8 Å². The number of amides is 2. The number of rotatable bonds is 8. The van der Waals surface area contributed by atoms with Crippen molar-refractivity contribution in [3.8, 4) is 0 Å². The number of sulfonamides is 1. The van der Waals surface area contributed by atoms with Crippen LogP contribution in [0.4, 0.5) is 17.1 Å². The van der Waals surface area contributed by atoms with Crippen LogP contribution >= 0.6 is 0 Å². The van der Waals surface area contributed by atoms with Crippen molar-refractivity contribution in [2.45, 2.75) is 39.7 Å². The molecule has 4 rings (SSSR count). The molecule has 0 aliphatic heterocycles. The van der Waals surface area contributed by atoms with Gasteiger partial charge in [0.2, 0.25) is 10.0 Å². The minimum Gasteiger partial charge on any atom is -0.322 e. The van der Waals surface area contributed by atoms with E-state index in [4.69, 9.17) is 0 Å². The normalized spacial score (nSPS) is 11.5. The summed E-state index contributed by atoms with van der Waals surface area (Å²) < 4.78 is 26.4. The van der Waals surface area contributed by atoms with Crippen LogP contribution in [-0.4, -0.2) is 26.5 Å². The van der Waals surface area contributed by atoms with Crippen LogP contribution in [0.5, 0.6) is 0 Å². The van der Waals surface area contributed by atoms with Gasteiger partial charge in [0, 0.05) is 22.5 Å². The SMILES string of the molecule is Cc1ccc(CN(c2ccc(C(=O)Nc3cccc(NC(=O)c4ccc(C(C)(C)C)cc4)c3)cc2)S(C)(=O)=O)cc1. The average molecular weight is 570 g/mol. The number of hydrogen-bond acceptors (Lipinski definition) is 4. The Labute approximate surface area is 242 Å². The topological polar surface area (TPSA) is 95.6 Å². The summed E-state index contributed by atoms with van der Waals surface area (Å²) in [5.74, 6) is -0.604. The summed E-state index contributed by atoms with van der Waals surface area (Å²) in [4.78, 5) is 25.7. The summed E-state index contributed by atoms with van der Waals surface area (Å²) in [6, 6.07) is 28.5. The zero-order chi connectivity index (χ0) is 29.8. The Hall–Kier alpha value is -4.43. The van der Waals surface area contributed by atoms with Crippen LogP contribution in [0.25, 0.3) is 0 Å². The second kappa shape index (κ2) is 12.0. The highest BCUT2D eigenvalue weighted by Crippen LogP contribution is 2.24. The van der Waals surface area contributed by atoms with Gasteiger partial charge in [0.1, 0.15) is 0 Å². The quantitative estimate of drug-likeness (QED) is 0.245. The van der Waals surface area contributed by atoms with Crippen molar-refractivity contribution in [2.75, 3.05) is 21.2 Å². The van der Waals surface area contributed by atoms with Crippen LogP contribution in [0.2, 0.25) is 0 Å². The Morgan fingerprint density at radius 1 is 0.732 bits per heavy atom. The first-order chi connectivity index (χ1) is 19.3. The van der Waals surface area contributed by atoms with E-state index in [0.717, 1.165) is 22.9 Å². The number of benzene rings is 4. The van der Waals surface area contributed by atoms with E-state index >= 15 is 0 Å². The van der Waals surface area contributed by atoms with Gasteiger partial charge in [0.05, 0.1) is 18.5 Å². The first kappa shape index (κ1) is 29.6. The molecule has 7 nitrogen and oxygen atoms in total. The van der Waals surface area contributed by atoms with E-state index in [1.807, 2.05) is 43.3 Å². The van der Waals surface area contributed by atoms with Crippen LogP contribution in [-0.2, 0) is 22.0 Å². The second-order valence-corrected chi connectivity index (χ2v) is 13.0. The summed E-state index contributed by atoms with van der Waals surface area (Å²) in [6.45, 7) is 8.51. The molecule has 0 atom stereocenters. The molecule has 0 unspecified atom stereocenters. The molecule has 0 saturated heterocycles. The molecule has 8 heteroatoms. The number of carbonyl (C=O) groups is 2. The number of hydrogen-bond donors (Lipinski definition) is 2. The van der Waals surface area contributed by atoms with Crippen LogP contribution in [0, 0.1) is 6.92 Å². The van der Waals surface area contributed by atoms with Crippen molar-refractivity contribution in [3.63, 3.8) is 0 Å². The summed E-state index contributed by atoms with van der Waals surface area (Å²) in [5.41, 5.74) is 5.51. The highest BCUT2D eigenvalue weighted by molar-refractivity contribution is 7.92. The van der Waals surface area contributed by atoms with E-state index in [0.29, 0.717) is 28.2 Å². The van der Waals surface area contributed by atoms with Crippen LogP contribution < -0.4 is 14.9 Å². The molecular formula is C33H35N3O4S. The van der Waals surface area contributed by atoms with E-state index in [1.54, 1.807) is 60.7 Å². The maximum absolute atomic E-state index is 13.0. The van der Waals surface area contributed by atoms with Gasteiger partial charge in [-0.15, -0.1) is 0 Å². The van der Waals surface area contributed by atoms with Gasteiger partial charge >= 0.3 is 0 Å². The molecule has 0 heterocycles. The fourth-order valence-electron chi connectivity index (χ4n) is 4.24. The number of carbonyl (C=O) groups excluding carboxylic acids is 2. The van der Waals surface area contributed by atoms with Crippen LogP contribution in [0.1, 0.15) is 58.2 Å². The molecular weight excluding hydrogens is 534 g/mol. The molecule has 0 saturated carbocycles. The first-order valence-corrected chi connectivity index (χ1v) is 15.1. The molecule has 4 aromatic rings. The number of nitrogens with one attached hydrogen (secondary N) is 2. The highest BCUT2D eigenvalue weighted by Gasteiger charge is 2.19. The summed E-state index contributed by atoms with van der Waals surface area (Å²) in [6.07, 6.45) is 1.16. The third-order valence-electron chi connectivity index (χ3n) is 6.66. The summed E-state index contributed by atoms with van der Waals surface area (Å²) in [5, 5.41) is 5.71. The molecule has 0 fully saturated rings. The molecule has 41 heavy (non-hydrogen) atoms. The minimum absolute atomic E-state index is 0.00359. The Bertz CT molecular complexity index is 1640. The van der Waals surface area contributed by atoms with Crippen molar-refractivity contribution >= 4 is 38.9 Å². The smallest absolute Gasteiger partial charge is 0.255 e. The van der Waals surface area contributed by atoms with Gasteiger partial charge in [0.25, 0.3) is 11.8 Å². The molecule has 0 aliphatic carbocycles. The van der Waals surface area contributed by atoms with Gasteiger partial charge in [-0.05, 0) is 78.1 Å². The molecule has 0 radical (unpaired) electrons. The lowest BCUT2D eigenvalue weighted by Crippen LogP contribution is -2.29. The summed E-state index contributed by atoms with van der Waals surface area (Å²) in [7, 11) is -3.55. The maximum Gasteiger partial charge on any atom is 0.255 e. The molecule has 0 bridgehead atoms. The minimum atomic E-state index is -3.55. The number of anilines is 3. The fourth-order valence-corrected chi connectivity index (χ4v) is 5.13. The van der Waals surface area contributed by atoms with Gasteiger partial charge < -0.3 is 10.6 Å². The lowest BCUT2D eigenvalue weighted by molar-refractivity contribution is 0.101. The lowest BCUT2D eigenvalue weighted by atomic mass is 9.87. The molecule has 212 valence electrons. The molecule has 4 aromatic carbocycles. The Balaban J connectivity index is 1.43. The first-order valence-electron chi connectivity index (χ1n) is 13.3. The third-order valence-corrected chi connectivity index (χ3v) is 7.80. The van der Waals surface area contributed by atoms with Crippen molar-refractivity contribution in [3.05, 3.63) is 125 Å². The van der Waals surface area contributed by atoms with Crippen molar-refractivity contribution in [1.29, 1.82) is 0 Å². The van der Waals surface area contributed by atoms with E-state index in [2.05, 4.69) is 31.4 Å². The zero-order valence-corrected chi connectivity index (χ0v) is 24.7. The van der Waals surface area contributed by atoms with E-state index in [9.17, 15) is 18.0 Å². The van der Waals surface area contributed by atoms with Gasteiger partial charge in [0.15, 0.2) is 0 Å². The zero-order valence-electron chi connectivity index (χ0n) is 23.9. The average Bonchev–Trinajstić information content (AvgIpc) is 2.92. The third kappa shape index (κ3) is 7.83. The molecule has 2 N–H and O–H groups in total. The predicted octanol–water partition coefficient (Wildman–Crippen LogP) is 6.76. The molecule has 0 spiro atoms. The summed E-state index contributed by atoms with van der Waals surface area (Å²) >= 11 is 0. The van der Waals surface area contributed by atoms with Gasteiger partial charge in [-0.3, -0.25) is 13.9 Å². The number of aryl methyl sites for hydroxylation is 1. The van der Waals surface area contributed by atoms with Crippen molar-refractivity contribution in [2.24, 2.45) is 0 Å². The largest absolute Gasteiger partial charge is 0.322 e. The van der Waals surface area contributed by atoms with Crippen molar-refractivity contribution < 1.29 is 18.0 Å². The Kier molecular flexibility index (Phi) is 8.63. The maximum atomic E-state index is 13.0. The standard InChI is InChI=1S/C33H35N3O4S/c1-23-9-11-24(12-10-23)22-36(41(5,39)40)30-19-15-26(16-20-30)32(38)35-29-8-6-7-28(21-29)34-31(37)25-13-17-27(18-14-25)33(2,3)4/h6-21H,22H2,1-5H3,(H,34,37)(H,35,38). The lowest BCUT2D eigenvalue weighted by Gasteiger charge is -2.23. The molecule has 0 aliphatic rings. The van der Waals surface area contributed by atoms with Crippen molar-refractivity contribution in [1.82, 2.24) is 0 Å². The molecule has 2 amide bonds. The monoisotopic (exact) mass is 569 g/mol. The van der Waals surface area contributed by atoms with E-state index < -0.39 is 10.0 Å². The van der Waals surface area contributed by atoms with Gasteiger partial charge in [-0.25, -0.2) is 8.42 Å².